The van der Waals surface area contributed by atoms with E-state index in [9.17, 15) is 5.11 Å². The molecule has 1 N–H and O–H groups in total. The van der Waals surface area contributed by atoms with Crippen molar-refractivity contribution in [1.29, 1.82) is 0 Å². The monoisotopic (exact) mass is 224 g/mol. The zero-order chi connectivity index (χ0) is 11.5. The van der Waals surface area contributed by atoms with Gasteiger partial charge < -0.3 is 9.84 Å². The van der Waals surface area contributed by atoms with Gasteiger partial charge in [0.2, 0.25) is 0 Å². The second-order valence-corrected chi connectivity index (χ2v) is 4.55. The molecule has 1 fully saturated rings. The van der Waals surface area contributed by atoms with Gasteiger partial charge in [-0.2, -0.15) is 5.10 Å². The summed E-state index contributed by atoms with van der Waals surface area (Å²) in [6.45, 7) is 6.78. The van der Waals surface area contributed by atoms with E-state index in [1.54, 1.807) is 0 Å². The number of aliphatic hydroxyl groups is 1. The van der Waals surface area contributed by atoms with Crippen LogP contribution in [0.1, 0.15) is 29.8 Å². The molecule has 0 amide bonds. The van der Waals surface area contributed by atoms with Crippen molar-refractivity contribution in [2.75, 3.05) is 13.2 Å². The lowest BCUT2D eigenvalue weighted by atomic mass is 10.0. The Morgan fingerprint density at radius 3 is 2.62 bits per heavy atom. The molecule has 90 valence electrons. The third-order valence-corrected chi connectivity index (χ3v) is 3.46. The van der Waals surface area contributed by atoms with Crippen molar-refractivity contribution in [2.45, 2.75) is 39.8 Å². The number of ether oxygens (including phenoxy) is 1. The molecule has 2 rings (SSSR count). The Labute approximate surface area is 96.2 Å². The highest BCUT2D eigenvalue weighted by molar-refractivity contribution is 5.23. The fraction of sp³-hybridized carbons (Fsp3) is 0.750. The topological polar surface area (TPSA) is 47.3 Å². The molecule has 0 saturated carbocycles. The number of aryl methyl sites for hydroxylation is 1. The highest BCUT2D eigenvalue weighted by Crippen LogP contribution is 2.20. The molecule has 16 heavy (non-hydrogen) atoms. The SMILES string of the molecule is Cc1nn(CC2CCOCC2)c(C)c1CO. The lowest BCUT2D eigenvalue weighted by Crippen LogP contribution is -2.21. The van der Waals surface area contributed by atoms with E-state index in [2.05, 4.69) is 5.10 Å². The second kappa shape index (κ2) is 4.97. The van der Waals surface area contributed by atoms with Crippen molar-refractivity contribution >= 4 is 0 Å². The Kier molecular flexibility index (Phi) is 3.61. The van der Waals surface area contributed by atoms with E-state index in [0.717, 1.165) is 49.6 Å². The smallest absolute Gasteiger partial charge is 0.0718 e. The summed E-state index contributed by atoms with van der Waals surface area (Å²) in [6, 6.07) is 0. The number of hydrogen-bond acceptors (Lipinski definition) is 3. The van der Waals surface area contributed by atoms with E-state index in [0.29, 0.717) is 5.92 Å². The van der Waals surface area contributed by atoms with Crippen molar-refractivity contribution in [3.8, 4) is 0 Å². The molecule has 2 heterocycles. The number of aromatic nitrogens is 2. The fourth-order valence-corrected chi connectivity index (χ4v) is 2.31. The average Bonchev–Trinajstić information content (AvgIpc) is 2.55. The van der Waals surface area contributed by atoms with E-state index in [-0.39, 0.29) is 6.61 Å². The minimum atomic E-state index is 0.0887. The van der Waals surface area contributed by atoms with E-state index in [1.807, 2.05) is 18.5 Å². The van der Waals surface area contributed by atoms with Gasteiger partial charge in [0.15, 0.2) is 0 Å². The molecule has 0 radical (unpaired) electrons. The minimum Gasteiger partial charge on any atom is -0.392 e. The van der Waals surface area contributed by atoms with Crippen LogP contribution >= 0.6 is 0 Å². The molecule has 4 nitrogen and oxygen atoms in total. The van der Waals surface area contributed by atoms with Crippen molar-refractivity contribution in [3.05, 3.63) is 17.0 Å². The van der Waals surface area contributed by atoms with Gasteiger partial charge in [0.05, 0.1) is 12.3 Å². The molecule has 4 heteroatoms. The average molecular weight is 224 g/mol. The van der Waals surface area contributed by atoms with Gasteiger partial charge in [0.1, 0.15) is 0 Å². The lowest BCUT2D eigenvalue weighted by molar-refractivity contribution is 0.0599. The summed E-state index contributed by atoms with van der Waals surface area (Å²) in [7, 11) is 0. The molecular weight excluding hydrogens is 204 g/mol. The van der Waals surface area contributed by atoms with Gasteiger partial charge in [-0.05, 0) is 32.6 Å². The predicted molar refractivity (Wildman–Crippen MR) is 61.2 cm³/mol. The van der Waals surface area contributed by atoms with Gasteiger partial charge in [-0.25, -0.2) is 0 Å². The number of nitrogens with zero attached hydrogens (tertiary/aromatic N) is 2. The Morgan fingerprint density at radius 2 is 2.06 bits per heavy atom. The molecule has 1 saturated heterocycles. The highest BCUT2D eigenvalue weighted by Gasteiger charge is 2.17. The van der Waals surface area contributed by atoms with Gasteiger partial charge in [-0.15, -0.1) is 0 Å². The molecule has 0 spiro atoms. The van der Waals surface area contributed by atoms with E-state index < -0.39 is 0 Å². The second-order valence-electron chi connectivity index (χ2n) is 4.55. The van der Waals surface area contributed by atoms with E-state index in [1.165, 1.54) is 0 Å². The largest absolute Gasteiger partial charge is 0.392 e. The quantitative estimate of drug-likeness (QED) is 0.844. The molecule has 0 unspecified atom stereocenters. The summed E-state index contributed by atoms with van der Waals surface area (Å²) in [5, 5.41) is 13.7. The first-order valence-corrected chi connectivity index (χ1v) is 5.94. The van der Waals surface area contributed by atoms with Crippen LogP contribution in [0.25, 0.3) is 0 Å². The zero-order valence-corrected chi connectivity index (χ0v) is 10.1. The highest BCUT2D eigenvalue weighted by atomic mass is 16.5. The summed E-state index contributed by atoms with van der Waals surface area (Å²) in [5.74, 6) is 0.665. The van der Waals surface area contributed by atoms with Crippen LogP contribution in [0, 0.1) is 19.8 Å². The summed E-state index contributed by atoms with van der Waals surface area (Å²) >= 11 is 0. The van der Waals surface area contributed by atoms with Gasteiger partial charge in [-0.3, -0.25) is 4.68 Å². The molecular formula is C12H20N2O2. The summed E-state index contributed by atoms with van der Waals surface area (Å²) in [4.78, 5) is 0. The number of rotatable bonds is 3. The minimum absolute atomic E-state index is 0.0887. The van der Waals surface area contributed by atoms with Crippen molar-refractivity contribution in [3.63, 3.8) is 0 Å². The predicted octanol–water partition coefficient (Wildman–Crippen LogP) is 1.42. The standard InChI is InChI=1S/C12H20N2O2/c1-9-12(8-15)10(2)14(13-9)7-11-3-5-16-6-4-11/h11,15H,3-8H2,1-2H3. The normalized spacial score (nSPS) is 17.9. The summed E-state index contributed by atoms with van der Waals surface area (Å²) in [6.07, 6.45) is 2.24. The van der Waals surface area contributed by atoms with Crippen molar-refractivity contribution in [2.24, 2.45) is 5.92 Å². The Balaban J connectivity index is 2.08. The summed E-state index contributed by atoms with van der Waals surface area (Å²) < 4.78 is 7.39. The first kappa shape index (κ1) is 11.6. The third-order valence-electron chi connectivity index (χ3n) is 3.46. The van der Waals surface area contributed by atoms with Gasteiger partial charge >= 0.3 is 0 Å². The van der Waals surface area contributed by atoms with Crippen LogP contribution < -0.4 is 0 Å². The number of hydrogen-bond donors (Lipinski definition) is 1. The molecule has 1 aromatic heterocycles. The van der Waals surface area contributed by atoms with Crippen LogP contribution in [0.5, 0.6) is 0 Å². The van der Waals surface area contributed by atoms with Crippen LogP contribution in [-0.2, 0) is 17.9 Å². The van der Waals surface area contributed by atoms with E-state index >= 15 is 0 Å². The Bertz CT molecular complexity index is 354. The van der Waals surface area contributed by atoms with Gasteiger partial charge in [-0.1, -0.05) is 0 Å². The van der Waals surface area contributed by atoms with Crippen LogP contribution in [0.3, 0.4) is 0 Å². The number of aliphatic hydroxyl groups excluding tert-OH is 1. The first-order chi connectivity index (χ1) is 7.72. The maximum atomic E-state index is 9.25. The molecule has 0 aliphatic carbocycles. The van der Waals surface area contributed by atoms with Crippen molar-refractivity contribution in [1.82, 2.24) is 9.78 Å². The van der Waals surface area contributed by atoms with Crippen molar-refractivity contribution < 1.29 is 9.84 Å². The fourth-order valence-electron chi connectivity index (χ4n) is 2.31. The van der Waals surface area contributed by atoms with Crippen LogP contribution in [0.4, 0.5) is 0 Å². The van der Waals surface area contributed by atoms with Gasteiger partial charge in [0.25, 0.3) is 0 Å². The molecule has 0 bridgehead atoms. The maximum Gasteiger partial charge on any atom is 0.0718 e. The third kappa shape index (κ3) is 2.28. The molecule has 1 aromatic rings. The Morgan fingerprint density at radius 1 is 1.38 bits per heavy atom. The van der Waals surface area contributed by atoms with Gasteiger partial charge in [0, 0.05) is 31.0 Å². The molecule has 0 atom stereocenters. The van der Waals surface area contributed by atoms with Crippen LogP contribution in [0.15, 0.2) is 0 Å². The first-order valence-electron chi connectivity index (χ1n) is 5.94. The molecule has 1 aliphatic rings. The van der Waals surface area contributed by atoms with Crippen LogP contribution in [0.2, 0.25) is 0 Å². The molecule has 1 aliphatic heterocycles. The molecule has 0 aromatic carbocycles. The van der Waals surface area contributed by atoms with Crippen LogP contribution in [-0.4, -0.2) is 28.1 Å². The summed E-state index contributed by atoms with van der Waals surface area (Å²) in [5.41, 5.74) is 3.03. The maximum absolute atomic E-state index is 9.25. The Hall–Kier alpha value is -0.870. The lowest BCUT2D eigenvalue weighted by Gasteiger charge is -2.22. The zero-order valence-electron chi connectivity index (χ0n) is 10.1. The van der Waals surface area contributed by atoms with E-state index in [4.69, 9.17) is 4.74 Å².